The lowest BCUT2D eigenvalue weighted by molar-refractivity contribution is -0.113. The van der Waals surface area contributed by atoms with Gasteiger partial charge >= 0.3 is 0 Å². The predicted molar refractivity (Wildman–Crippen MR) is 93.7 cm³/mol. The minimum Gasteiger partial charge on any atom is -0.325 e. The number of rotatable bonds is 4. The normalized spacial score (nSPS) is 10.7. The van der Waals surface area contributed by atoms with Gasteiger partial charge in [-0.05, 0) is 52.9 Å². The number of hydrogen-bond acceptors (Lipinski definition) is 3. The molecule has 4 nitrogen and oxygen atoms in total. The summed E-state index contributed by atoms with van der Waals surface area (Å²) >= 11 is 3.65. The van der Waals surface area contributed by atoms with Crippen molar-refractivity contribution in [3.63, 3.8) is 0 Å². The number of carbonyl (C=O) groups is 1. The average molecular weight is 409 g/mol. The molecule has 1 amide bonds. The number of amides is 1. The lowest BCUT2D eigenvalue weighted by atomic mass is 10.3. The second-order valence-electron chi connectivity index (χ2n) is 4.38. The zero-order chi connectivity index (χ0) is 14.7. The van der Waals surface area contributed by atoms with Crippen molar-refractivity contribution in [1.29, 1.82) is 0 Å². The van der Waals surface area contributed by atoms with E-state index in [1.165, 1.54) is 11.8 Å². The topological polar surface area (TPSA) is 46.4 Å². The molecule has 0 aliphatic rings. The Morgan fingerprint density at radius 2 is 2.19 bits per heavy atom. The maximum Gasteiger partial charge on any atom is 0.234 e. The molecule has 1 N–H and O–H groups in total. The summed E-state index contributed by atoms with van der Waals surface area (Å²) in [6.07, 6.45) is 3.75. The zero-order valence-electron chi connectivity index (χ0n) is 11.0. The van der Waals surface area contributed by atoms with Gasteiger partial charge in [0.05, 0.1) is 17.5 Å². The summed E-state index contributed by atoms with van der Waals surface area (Å²) < 4.78 is 3.07. The number of thioether (sulfide) groups is 1. The van der Waals surface area contributed by atoms with Crippen LogP contribution in [-0.4, -0.2) is 21.0 Å². The lowest BCUT2D eigenvalue weighted by Gasteiger charge is -2.05. The summed E-state index contributed by atoms with van der Waals surface area (Å²) in [7, 11) is 0. The van der Waals surface area contributed by atoms with Gasteiger partial charge in [-0.3, -0.25) is 9.20 Å². The first-order valence-corrected chi connectivity index (χ1v) is 8.39. The molecule has 0 spiro atoms. The Hall–Kier alpha value is -1.54. The van der Waals surface area contributed by atoms with Crippen LogP contribution in [0.3, 0.4) is 0 Å². The molecule has 106 valence electrons. The third kappa shape index (κ3) is 3.56. The highest BCUT2D eigenvalue weighted by Crippen LogP contribution is 2.19. The monoisotopic (exact) mass is 409 g/mol. The number of nitrogens with one attached hydrogen (secondary N) is 1. The van der Waals surface area contributed by atoms with Crippen LogP contribution in [0.5, 0.6) is 0 Å². The number of aromatic nitrogens is 2. The molecule has 0 unspecified atom stereocenters. The van der Waals surface area contributed by atoms with Crippen molar-refractivity contribution < 1.29 is 4.79 Å². The van der Waals surface area contributed by atoms with Crippen molar-refractivity contribution in [3.05, 3.63) is 58.4 Å². The van der Waals surface area contributed by atoms with Crippen molar-refractivity contribution in [2.75, 3.05) is 11.1 Å². The number of anilines is 1. The third-order valence-electron chi connectivity index (χ3n) is 2.85. The van der Waals surface area contributed by atoms with Gasteiger partial charge in [-0.25, -0.2) is 4.98 Å². The molecule has 0 aliphatic carbocycles. The number of pyridine rings is 1. The van der Waals surface area contributed by atoms with Gasteiger partial charge in [0, 0.05) is 15.5 Å². The number of carbonyl (C=O) groups excluding carboxylic acids is 1. The zero-order valence-corrected chi connectivity index (χ0v) is 14.0. The summed E-state index contributed by atoms with van der Waals surface area (Å²) in [5.74, 6) is 0.300. The van der Waals surface area contributed by atoms with E-state index in [2.05, 4.69) is 32.9 Å². The quantitative estimate of drug-likeness (QED) is 0.529. The fourth-order valence-electron chi connectivity index (χ4n) is 1.92. The van der Waals surface area contributed by atoms with Crippen LogP contribution < -0.4 is 5.32 Å². The summed E-state index contributed by atoms with van der Waals surface area (Å²) in [4.78, 5) is 16.3. The van der Waals surface area contributed by atoms with E-state index in [-0.39, 0.29) is 5.91 Å². The Labute approximate surface area is 140 Å². The number of fused-ring (bicyclic) bond motifs is 1. The van der Waals surface area contributed by atoms with E-state index in [4.69, 9.17) is 0 Å². The van der Waals surface area contributed by atoms with E-state index < -0.39 is 0 Å². The second kappa shape index (κ2) is 6.48. The molecule has 21 heavy (non-hydrogen) atoms. The predicted octanol–water partition coefficient (Wildman–Crippen LogP) is 3.67. The molecule has 3 aromatic rings. The summed E-state index contributed by atoms with van der Waals surface area (Å²) in [6, 6.07) is 13.6. The number of nitrogens with zero attached hydrogens (tertiary/aromatic N) is 2. The first-order chi connectivity index (χ1) is 10.2. The van der Waals surface area contributed by atoms with Crippen LogP contribution in [-0.2, 0) is 4.79 Å². The van der Waals surface area contributed by atoms with E-state index in [0.29, 0.717) is 5.75 Å². The number of benzene rings is 1. The molecule has 0 saturated heterocycles. The van der Waals surface area contributed by atoms with Crippen LogP contribution in [0.25, 0.3) is 5.52 Å². The molecule has 0 saturated carbocycles. The Morgan fingerprint density at radius 3 is 3.05 bits per heavy atom. The molecule has 0 radical (unpaired) electrons. The molecule has 0 bridgehead atoms. The first-order valence-electron chi connectivity index (χ1n) is 6.33. The van der Waals surface area contributed by atoms with Crippen molar-refractivity contribution in [3.8, 4) is 0 Å². The standard InChI is InChI=1S/C15H12IN3OS/c16-11-4-3-5-12(8-11)18-14(20)10-21-15-17-9-13-6-1-2-7-19(13)15/h1-9H,10H2,(H,18,20). The lowest BCUT2D eigenvalue weighted by Crippen LogP contribution is -2.14. The number of halogens is 1. The molecule has 2 heterocycles. The SMILES string of the molecule is O=C(CSc1ncc2ccccn12)Nc1cccc(I)c1. The highest BCUT2D eigenvalue weighted by Gasteiger charge is 2.08. The van der Waals surface area contributed by atoms with Gasteiger partial charge in [-0.15, -0.1) is 0 Å². The van der Waals surface area contributed by atoms with Crippen molar-refractivity contribution in [2.45, 2.75) is 5.16 Å². The van der Waals surface area contributed by atoms with Gasteiger partial charge in [0.15, 0.2) is 5.16 Å². The first kappa shape index (κ1) is 14.4. The minimum atomic E-state index is -0.0327. The van der Waals surface area contributed by atoms with E-state index in [1.807, 2.05) is 53.1 Å². The second-order valence-corrected chi connectivity index (χ2v) is 6.57. The molecule has 0 atom stereocenters. The Balaban J connectivity index is 1.63. The molecule has 3 rings (SSSR count). The maximum absolute atomic E-state index is 12.0. The van der Waals surface area contributed by atoms with E-state index in [9.17, 15) is 4.79 Å². The number of imidazole rings is 1. The Morgan fingerprint density at radius 1 is 1.29 bits per heavy atom. The molecule has 1 aromatic carbocycles. The van der Waals surface area contributed by atoms with Gasteiger partial charge in [0.2, 0.25) is 5.91 Å². The molecule has 6 heteroatoms. The smallest absolute Gasteiger partial charge is 0.234 e. The highest BCUT2D eigenvalue weighted by molar-refractivity contribution is 14.1. The van der Waals surface area contributed by atoms with Gasteiger partial charge in [0.1, 0.15) is 0 Å². The summed E-state index contributed by atoms with van der Waals surface area (Å²) in [6.45, 7) is 0. The summed E-state index contributed by atoms with van der Waals surface area (Å²) in [5, 5.41) is 3.71. The maximum atomic E-state index is 12.0. The fraction of sp³-hybridized carbons (Fsp3) is 0.0667. The molecule has 0 fully saturated rings. The van der Waals surface area contributed by atoms with Crippen LogP contribution in [0, 0.1) is 3.57 Å². The van der Waals surface area contributed by atoms with Gasteiger partial charge < -0.3 is 5.32 Å². The fourth-order valence-corrected chi connectivity index (χ4v) is 3.23. The van der Waals surface area contributed by atoms with Crippen LogP contribution in [0.15, 0.2) is 60.0 Å². The highest BCUT2D eigenvalue weighted by atomic mass is 127. The van der Waals surface area contributed by atoms with Crippen LogP contribution >= 0.6 is 34.4 Å². The van der Waals surface area contributed by atoms with E-state index in [0.717, 1.165) is 19.9 Å². The molecule has 0 aliphatic heterocycles. The van der Waals surface area contributed by atoms with Gasteiger partial charge in [0.25, 0.3) is 0 Å². The van der Waals surface area contributed by atoms with E-state index >= 15 is 0 Å². The third-order valence-corrected chi connectivity index (χ3v) is 4.48. The van der Waals surface area contributed by atoms with Crippen LogP contribution in [0.4, 0.5) is 5.69 Å². The van der Waals surface area contributed by atoms with Crippen LogP contribution in [0.1, 0.15) is 0 Å². The van der Waals surface area contributed by atoms with Crippen molar-refractivity contribution in [2.24, 2.45) is 0 Å². The average Bonchev–Trinajstić information content (AvgIpc) is 2.88. The van der Waals surface area contributed by atoms with Gasteiger partial charge in [-0.1, -0.05) is 23.9 Å². The van der Waals surface area contributed by atoms with E-state index in [1.54, 1.807) is 6.20 Å². The minimum absolute atomic E-state index is 0.0327. The molecule has 2 aromatic heterocycles. The summed E-state index contributed by atoms with van der Waals surface area (Å²) in [5.41, 5.74) is 1.85. The van der Waals surface area contributed by atoms with Crippen molar-refractivity contribution >= 4 is 51.5 Å². The molecular weight excluding hydrogens is 397 g/mol. The van der Waals surface area contributed by atoms with Crippen LogP contribution in [0.2, 0.25) is 0 Å². The van der Waals surface area contributed by atoms with Gasteiger partial charge in [-0.2, -0.15) is 0 Å². The Bertz CT molecular complexity index is 787. The number of hydrogen-bond donors (Lipinski definition) is 1. The largest absolute Gasteiger partial charge is 0.325 e. The van der Waals surface area contributed by atoms with Crippen molar-refractivity contribution in [1.82, 2.24) is 9.38 Å². The Kier molecular flexibility index (Phi) is 4.45. The molecular formula is C15H12IN3OS.